The van der Waals surface area contributed by atoms with Crippen molar-refractivity contribution in [3.05, 3.63) is 0 Å². The van der Waals surface area contributed by atoms with E-state index in [0.717, 1.165) is 70.0 Å². The zero-order valence-corrected chi connectivity index (χ0v) is 28.8. The summed E-state index contributed by atoms with van der Waals surface area (Å²) in [4.78, 5) is 53.4. The molecule has 0 saturated carbocycles. The summed E-state index contributed by atoms with van der Waals surface area (Å²) in [5, 5.41) is 0.171. The smallest absolute Gasteiger partial charge is 0.462 e. The lowest BCUT2D eigenvalue weighted by atomic mass is 10.0. The number of ether oxygens (including phenoxy) is 2. The van der Waals surface area contributed by atoms with Gasteiger partial charge in [-0.15, -0.1) is 0 Å². The van der Waals surface area contributed by atoms with E-state index in [2.05, 4.69) is 11.4 Å². The lowest BCUT2D eigenvalue weighted by molar-refractivity contribution is -0.161. The van der Waals surface area contributed by atoms with Crippen molar-refractivity contribution in [3.8, 4) is 0 Å². The minimum atomic E-state index is -4.75. The van der Waals surface area contributed by atoms with Gasteiger partial charge in [-0.3, -0.25) is 18.9 Å². The highest BCUT2D eigenvalue weighted by Gasteiger charge is 2.22. The predicted octanol–water partition coefficient (Wildman–Crippen LogP) is 8.82. The van der Waals surface area contributed by atoms with Crippen LogP contribution >= 0.6 is 19.6 Å². The zero-order valence-electron chi connectivity index (χ0n) is 27.1. The number of esters is 2. The maximum absolute atomic E-state index is 12.3. The molecule has 0 aliphatic rings. The van der Waals surface area contributed by atoms with E-state index >= 15 is 0 Å². The highest BCUT2D eigenvalue weighted by molar-refractivity contribution is 8.13. The standard InChI is InChI=1S/C32H61O9PS/c1-3-4-5-6-7-8-9-10-11-12-16-19-22-25-32(35)41-30(28-40-42(36,37)38)27-39-31(34)24-21-18-15-13-14-17-20-23-26-43-29(2)33/h30H,3-28H2,1-2H3,(H2,36,37,38)/t30-/m1/s1. The molecule has 0 aliphatic carbocycles. The maximum Gasteiger partial charge on any atom is 0.469 e. The predicted molar refractivity (Wildman–Crippen MR) is 174 cm³/mol. The summed E-state index contributed by atoms with van der Waals surface area (Å²) in [5.41, 5.74) is 0. The molecular formula is C32H61O9PS. The van der Waals surface area contributed by atoms with E-state index in [1.165, 1.54) is 69.5 Å². The molecule has 0 aromatic rings. The van der Waals surface area contributed by atoms with Gasteiger partial charge in [0.05, 0.1) is 6.61 Å². The van der Waals surface area contributed by atoms with E-state index in [-0.39, 0.29) is 24.6 Å². The maximum atomic E-state index is 12.3. The molecule has 0 fully saturated rings. The number of unbranched alkanes of at least 4 members (excludes halogenated alkanes) is 19. The molecule has 11 heteroatoms. The number of phosphoric acid groups is 1. The molecule has 0 aromatic carbocycles. The average molecular weight is 653 g/mol. The Bertz CT molecular complexity index is 744. The van der Waals surface area contributed by atoms with E-state index in [4.69, 9.17) is 19.3 Å². The van der Waals surface area contributed by atoms with Gasteiger partial charge in [-0.2, -0.15) is 0 Å². The van der Waals surface area contributed by atoms with Crippen molar-refractivity contribution in [2.75, 3.05) is 19.0 Å². The van der Waals surface area contributed by atoms with E-state index in [1.54, 1.807) is 6.92 Å². The van der Waals surface area contributed by atoms with E-state index in [0.29, 0.717) is 12.8 Å². The molecule has 0 unspecified atom stereocenters. The van der Waals surface area contributed by atoms with Crippen molar-refractivity contribution in [1.82, 2.24) is 0 Å². The summed E-state index contributed by atoms with van der Waals surface area (Å²) >= 11 is 1.38. The fraction of sp³-hybridized carbons (Fsp3) is 0.906. The lowest BCUT2D eigenvalue weighted by Gasteiger charge is -2.18. The van der Waals surface area contributed by atoms with Gasteiger partial charge in [-0.1, -0.05) is 134 Å². The normalized spacial score (nSPS) is 12.3. The van der Waals surface area contributed by atoms with Crippen LogP contribution in [0.15, 0.2) is 0 Å². The third-order valence-corrected chi connectivity index (χ3v) is 8.61. The third-order valence-electron chi connectivity index (χ3n) is 7.22. The summed E-state index contributed by atoms with van der Waals surface area (Å²) in [6.07, 6.45) is 23.2. The summed E-state index contributed by atoms with van der Waals surface area (Å²) < 4.78 is 26.2. The van der Waals surface area contributed by atoms with Crippen LogP contribution in [0.4, 0.5) is 0 Å². The van der Waals surface area contributed by atoms with Gasteiger partial charge in [0.1, 0.15) is 6.61 Å². The number of carbonyl (C=O) groups excluding carboxylic acids is 3. The van der Waals surface area contributed by atoms with Gasteiger partial charge in [0, 0.05) is 25.5 Å². The molecule has 0 rings (SSSR count). The van der Waals surface area contributed by atoms with Crippen LogP contribution in [0.2, 0.25) is 0 Å². The molecule has 0 bridgehead atoms. The van der Waals surface area contributed by atoms with Gasteiger partial charge in [-0.25, -0.2) is 4.57 Å². The SMILES string of the molecule is CCCCCCCCCCCCCCCC(=O)O[C@H](COC(=O)CCCCCCCCCCSC(C)=O)COP(=O)(O)O. The summed E-state index contributed by atoms with van der Waals surface area (Å²) in [5.74, 6) is -0.0321. The molecule has 0 saturated heterocycles. The van der Waals surface area contributed by atoms with Gasteiger partial charge in [0.2, 0.25) is 0 Å². The molecule has 9 nitrogen and oxygen atoms in total. The van der Waals surface area contributed by atoms with Crippen LogP contribution in [0, 0.1) is 0 Å². The monoisotopic (exact) mass is 652 g/mol. The summed E-state index contributed by atoms with van der Waals surface area (Å²) in [6, 6.07) is 0. The quantitative estimate of drug-likeness (QED) is 0.0424. The molecule has 43 heavy (non-hydrogen) atoms. The van der Waals surface area contributed by atoms with Gasteiger partial charge >= 0.3 is 19.8 Å². The fourth-order valence-electron chi connectivity index (χ4n) is 4.73. The highest BCUT2D eigenvalue weighted by Crippen LogP contribution is 2.36. The number of rotatable bonds is 31. The van der Waals surface area contributed by atoms with Gasteiger partial charge in [-0.05, 0) is 19.3 Å². The molecule has 0 aromatic heterocycles. The van der Waals surface area contributed by atoms with Crippen LogP contribution in [0.25, 0.3) is 0 Å². The Morgan fingerprint density at radius 3 is 1.49 bits per heavy atom. The first-order valence-electron chi connectivity index (χ1n) is 16.8. The highest BCUT2D eigenvalue weighted by atomic mass is 32.2. The number of phosphoric ester groups is 1. The molecule has 1 atom stereocenters. The van der Waals surface area contributed by atoms with Gasteiger partial charge < -0.3 is 19.3 Å². The van der Waals surface area contributed by atoms with E-state index in [9.17, 15) is 18.9 Å². The van der Waals surface area contributed by atoms with Crippen LogP contribution in [0.5, 0.6) is 0 Å². The number of thioether (sulfide) groups is 1. The lowest BCUT2D eigenvalue weighted by Crippen LogP contribution is -2.29. The largest absolute Gasteiger partial charge is 0.469 e. The Hall–Kier alpha value is -0.930. The van der Waals surface area contributed by atoms with Gasteiger partial charge in [0.25, 0.3) is 0 Å². The molecule has 0 amide bonds. The Balaban J connectivity index is 3.97. The first-order chi connectivity index (χ1) is 20.6. The molecule has 254 valence electrons. The van der Waals surface area contributed by atoms with Crippen LogP contribution in [0.1, 0.15) is 162 Å². The number of hydrogen-bond donors (Lipinski definition) is 2. The van der Waals surface area contributed by atoms with Crippen molar-refractivity contribution in [2.45, 2.75) is 168 Å². The van der Waals surface area contributed by atoms with Crippen molar-refractivity contribution < 1.29 is 42.7 Å². The first kappa shape index (κ1) is 42.1. The van der Waals surface area contributed by atoms with Crippen LogP contribution in [-0.4, -0.2) is 51.9 Å². The van der Waals surface area contributed by atoms with E-state index in [1.807, 2.05) is 0 Å². The molecule has 2 N–H and O–H groups in total. The van der Waals surface area contributed by atoms with E-state index < -0.39 is 32.5 Å². The fourth-order valence-corrected chi connectivity index (χ4v) is 5.73. The molecule has 0 aliphatic heterocycles. The second kappa shape index (κ2) is 29.8. The molecular weight excluding hydrogens is 591 g/mol. The summed E-state index contributed by atoms with van der Waals surface area (Å²) in [6.45, 7) is 2.98. The Labute approximate surface area is 265 Å². The number of hydrogen-bond acceptors (Lipinski definition) is 8. The van der Waals surface area contributed by atoms with Gasteiger partial charge in [0.15, 0.2) is 11.2 Å². The Morgan fingerprint density at radius 1 is 0.628 bits per heavy atom. The Kier molecular flexibility index (Phi) is 29.1. The topological polar surface area (TPSA) is 136 Å². The average Bonchev–Trinajstić information content (AvgIpc) is 2.95. The van der Waals surface area contributed by atoms with Crippen molar-refractivity contribution in [3.63, 3.8) is 0 Å². The number of carbonyl (C=O) groups is 3. The van der Waals surface area contributed by atoms with Crippen molar-refractivity contribution in [1.29, 1.82) is 0 Å². The third kappa shape index (κ3) is 33.8. The molecule has 0 radical (unpaired) electrons. The first-order valence-corrected chi connectivity index (χ1v) is 19.3. The zero-order chi connectivity index (χ0) is 32.0. The molecule has 0 heterocycles. The van der Waals surface area contributed by atoms with Crippen LogP contribution in [-0.2, 0) is 32.9 Å². The minimum absolute atomic E-state index is 0.171. The summed E-state index contributed by atoms with van der Waals surface area (Å²) in [7, 11) is -4.75. The second-order valence-corrected chi connectivity index (χ2v) is 14.0. The second-order valence-electron chi connectivity index (χ2n) is 11.5. The minimum Gasteiger partial charge on any atom is -0.462 e. The van der Waals surface area contributed by atoms with Crippen molar-refractivity contribution in [2.24, 2.45) is 0 Å². The van der Waals surface area contributed by atoms with Crippen molar-refractivity contribution >= 4 is 36.6 Å². The molecule has 0 spiro atoms. The van der Waals surface area contributed by atoms with Crippen LogP contribution < -0.4 is 0 Å². The van der Waals surface area contributed by atoms with Crippen LogP contribution in [0.3, 0.4) is 0 Å². The Morgan fingerprint density at radius 2 is 1.05 bits per heavy atom.